The quantitative estimate of drug-likeness (QED) is 0.709. The molecule has 0 spiro atoms. The molecule has 0 heterocycles. The largest absolute Gasteiger partial charge is 0.313 e. The van der Waals surface area contributed by atoms with Gasteiger partial charge in [-0.25, -0.2) is 0 Å². The van der Waals surface area contributed by atoms with E-state index in [1.165, 1.54) is 50.5 Å². The van der Waals surface area contributed by atoms with Gasteiger partial charge in [0.15, 0.2) is 0 Å². The average molecular weight is 273 g/mol. The van der Waals surface area contributed by atoms with Crippen molar-refractivity contribution in [1.82, 2.24) is 5.32 Å². The van der Waals surface area contributed by atoms with Gasteiger partial charge in [-0.2, -0.15) is 0 Å². The third-order valence-electron chi connectivity index (χ3n) is 4.90. The van der Waals surface area contributed by atoms with Crippen molar-refractivity contribution in [1.29, 1.82) is 0 Å². The molecule has 0 bridgehead atoms. The maximum absolute atomic E-state index is 3.87. The molecule has 1 saturated carbocycles. The summed E-state index contributed by atoms with van der Waals surface area (Å²) in [6.45, 7) is 5.83. The van der Waals surface area contributed by atoms with Gasteiger partial charge in [0.2, 0.25) is 0 Å². The third kappa shape index (κ3) is 4.34. The van der Waals surface area contributed by atoms with Gasteiger partial charge in [-0.15, -0.1) is 0 Å². The van der Waals surface area contributed by atoms with Gasteiger partial charge < -0.3 is 5.32 Å². The van der Waals surface area contributed by atoms with Crippen molar-refractivity contribution in [2.75, 3.05) is 6.54 Å². The van der Waals surface area contributed by atoms with E-state index < -0.39 is 0 Å². The van der Waals surface area contributed by atoms with Crippen LogP contribution in [0.2, 0.25) is 0 Å². The van der Waals surface area contributed by atoms with Crippen LogP contribution in [0.5, 0.6) is 0 Å². The first-order valence-electron chi connectivity index (χ1n) is 8.61. The molecule has 0 aromatic heterocycles. The van der Waals surface area contributed by atoms with Crippen LogP contribution in [0.3, 0.4) is 0 Å². The van der Waals surface area contributed by atoms with E-state index in [1.54, 1.807) is 0 Å². The smallest absolute Gasteiger partial charge is 0.0161 e. The lowest BCUT2D eigenvalue weighted by molar-refractivity contribution is 0.287. The molecule has 112 valence electrons. The van der Waals surface area contributed by atoms with Gasteiger partial charge in [0.05, 0.1) is 0 Å². The zero-order chi connectivity index (χ0) is 14.2. The normalized spacial score (nSPS) is 20.3. The zero-order valence-electron chi connectivity index (χ0n) is 13.3. The van der Waals surface area contributed by atoms with Crippen LogP contribution in [0.15, 0.2) is 30.3 Å². The predicted octanol–water partition coefficient (Wildman–Crippen LogP) is 5.13. The Morgan fingerprint density at radius 2 is 1.70 bits per heavy atom. The van der Waals surface area contributed by atoms with E-state index in [-0.39, 0.29) is 0 Å². The summed E-state index contributed by atoms with van der Waals surface area (Å²) in [6, 6.07) is 11.7. The molecule has 1 heteroatoms. The number of rotatable bonds is 6. The van der Waals surface area contributed by atoms with Crippen molar-refractivity contribution in [3.8, 4) is 0 Å². The van der Waals surface area contributed by atoms with Gasteiger partial charge in [-0.1, -0.05) is 69.9 Å². The molecule has 1 fully saturated rings. The fourth-order valence-corrected chi connectivity index (χ4v) is 3.70. The first kappa shape index (κ1) is 15.6. The fraction of sp³-hybridized carbons (Fsp3) is 0.684. The monoisotopic (exact) mass is 273 g/mol. The van der Waals surface area contributed by atoms with Crippen LogP contribution in [-0.4, -0.2) is 12.6 Å². The van der Waals surface area contributed by atoms with E-state index in [0.29, 0.717) is 12.0 Å². The lowest BCUT2D eigenvalue weighted by atomic mass is 9.81. The van der Waals surface area contributed by atoms with Gasteiger partial charge in [-0.05, 0) is 43.2 Å². The number of nitrogens with one attached hydrogen (secondary N) is 1. The first-order chi connectivity index (χ1) is 9.83. The lowest BCUT2D eigenvalue weighted by Crippen LogP contribution is -2.40. The Kier molecular flexibility index (Phi) is 6.59. The maximum atomic E-state index is 3.87. The molecule has 1 aliphatic carbocycles. The number of hydrogen-bond donors (Lipinski definition) is 1. The molecule has 2 unspecified atom stereocenters. The first-order valence-corrected chi connectivity index (χ1v) is 8.61. The summed E-state index contributed by atoms with van der Waals surface area (Å²) in [7, 11) is 0. The molecule has 1 aliphatic rings. The van der Waals surface area contributed by atoms with Crippen molar-refractivity contribution in [3.05, 3.63) is 35.9 Å². The van der Waals surface area contributed by atoms with Crippen molar-refractivity contribution >= 4 is 0 Å². The second-order valence-corrected chi connectivity index (χ2v) is 6.43. The molecule has 0 radical (unpaired) electrons. The highest BCUT2D eigenvalue weighted by molar-refractivity contribution is 5.21. The van der Waals surface area contributed by atoms with E-state index >= 15 is 0 Å². The van der Waals surface area contributed by atoms with Gasteiger partial charge in [0, 0.05) is 6.04 Å². The van der Waals surface area contributed by atoms with E-state index in [0.717, 1.165) is 12.5 Å². The summed E-state index contributed by atoms with van der Waals surface area (Å²) in [4.78, 5) is 0. The van der Waals surface area contributed by atoms with Gasteiger partial charge >= 0.3 is 0 Å². The molecule has 2 atom stereocenters. The third-order valence-corrected chi connectivity index (χ3v) is 4.90. The summed E-state index contributed by atoms with van der Waals surface area (Å²) in [5.41, 5.74) is 1.49. The molecule has 0 amide bonds. The molecule has 2 rings (SSSR count). The molecular formula is C19H31N. The molecule has 0 saturated heterocycles. The van der Waals surface area contributed by atoms with Crippen LogP contribution in [0.1, 0.15) is 70.3 Å². The topological polar surface area (TPSA) is 12.0 Å². The average Bonchev–Trinajstić information content (AvgIpc) is 2.77. The molecular weight excluding hydrogens is 242 g/mol. The van der Waals surface area contributed by atoms with Crippen LogP contribution in [-0.2, 0) is 0 Å². The van der Waals surface area contributed by atoms with Gasteiger partial charge in [0.25, 0.3) is 0 Å². The Morgan fingerprint density at radius 3 is 2.30 bits per heavy atom. The maximum Gasteiger partial charge on any atom is 0.0161 e. The predicted molar refractivity (Wildman–Crippen MR) is 88.1 cm³/mol. The van der Waals surface area contributed by atoms with Gasteiger partial charge in [-0.3, -0.25) is 0 Å². The SMILES string of the molecule is CCCNC(C1CCCCCC1)C(C)c1ccccc1. The van der Waals surface area contributed by atoms with Crippen molar-refractivity contribution in [2.24, 2.45) is 5.92 Å². The Balaban J connectivity index is 2.08. The molecule has 1 aromatic rings. The van der Waals surface area contributed by atoms with Crippen LogP contribution in [0, 0.1) is 5.92 Å². The highest BCUT2D eigenvalue weighted by Crippen LogP contribution is 2.32. The minimum Gasteiger partial charge on any atom is -0.313 e. The highest BCUT2D eigenvalue weighted by atomic mass is 14.9. The summed E-state index contributed by atoms with van der Waals surface area (Å²) in [6.07, 6.45) is 9.79. The minimum absolute atomic E-state index is 0.617. The minimum atomic E-state index is 0.617. The molecule has 1 N–H and O–H groups in total. The molecule has 1 aromatic carbocycles. The Hall–Kier alpha value is -0.820. The number of hydrogen-bond acceptors (Lipinski definition) is 1. The Bertz CT molecular complexity index is 351. The lowest BCUT2D eigenvalue weighted by Gasteiger charge is -2.33. The Morgan fingerprint density at radius 1 is 1.05 bits per heavy atom. The molecule has 1 nitrogen and oxygen atoms in total. The van der Waals surface area contributed by atoms with Crippen molar-refractivity contribution < 1.29 is 0 Å². The van der Waals surface area contributed by atoms with Crippen molar-refractivity contribution in [3.63, 3.8) is 0 Å². The van der Waals surface area contributed by atoms with Crippen LogP contribution in [0.4, 0.5) is 0 Å². The summed E-state index contributed by atoms with van der Waals surface area (Å²) >= 11 is 0. The Labute approximate surface area is 125 Å². The second-order valence-electron chi connectivity index (χ2n) is 6.43. The second kappa shape index (κ2) is 8.46. The van der Waals surface area contributed by atoms with Crippen LogP contribution < -0.4 is 5.32 Å². The van der Waals surface area contributed by atoms with Crippen LogP contribution >= 0.6 is 0 Å². The summed E-state index contributed by atoms with van der Waals surface area (Å²) < 4.78 is 0. The molecule has 20 heavy (non-hydrogen) atoms. The van der Waals surface area contributed by atoms with Crippen molar-refractivity contribution in [2.45, 2.75) is 70.8 Å². The van der Waals surface area contributed by atoms with E-state index in [1.807, 2.05) is 0 Å². The standard InChI is InChI=1S/C19H31N/c1-3-15-20-19(18-13-7-4-5-8-14-18)16(2)17-11-9-6-10-12-17/h6,9-12,16,18-20H,3-5,7-8,13-15H2,1-2H3. The molecule has 0 aliphatic heterocycles. The fourth-order valence-electron chi connectivity index (χ4n) is 3.70. The van der Waals surface area contributed by atoms with Gasteiger partial charge in [0.1, 0.15) is 0 Å². The van der Waals surface area contributed by atoms with Crippen LogP contribution in [0.25, 0.3) is 0 Å². The highest BCUT2D eigenvalue weighted by Gasteiger charge is 2.27. The number of benzene rings is 1. The zero-order valence-corrected chi connectivity index (χ0v) is 13.3. The summed E-state index contributed by atoms with van der Waals surface area (Å²) in [5, 5.41) is 3.87. The summed E-state index contributed by atoms with van der Waals surface area (Å²) in [5.74, 6) is 1.48. The van der Waals surface area contributed by atoms with E-state index in [9.17, 15) is 0 Å². The van der Waals surface area contributed by atoms with E-state index in [4.69, 9.17) is 0 Å². The van der Waals surface area contributed by atoms with E-state index in [2.05, 4.69) is 49.5 Å².